The normalized spacial score (nSPS) is 16.0. The first-order chi connectivity index (χ1) is 6.66. The van der Waals surface area contributed by atoms with Crippen LogP contribution < -0.4 is 5.32 Å². The second-order valence-electron chi connectivity index (χ2n) is 3.45. The minimum Gasteiger partial charge on any atom is -0.366 e. The zero-order valence-electron chi connectivity index (χ0n) is 7.80. The van der Waals surface area contributed by atoms with E-state index in [2.05, 4.69) is 15.3 Å². The molecule has 1 aliphatic rings. The number of nitrogens with one attached hydrogen (secondary N) is 1. The molecule has 76 valence electrons. The molecule has 0 bridgehead atoms. The van der Waals surface area contributed by atoms with Gasteiger partial charge in [-0.3, -0.25) is 4.98 Å². The maximum Gasteiger partial charge on any atom is 0.281 e. The summed E-state index contributed by atoms with van der Waals surface area (Å²) in [6.07, 6.45) is 0.737. The van der Waals surface area contributed by atoms with Gasteiger partial charge in [-0.1, -0.05) is 0 Å². The number of anilines is 1. The fourth-order valence-electron chi connectivity index (χ4n) is 1.13. The number of aryl methyl sites for hydroxylation is 1. The van der Waals surface area contributed by atoms with Crippen molar-refractivity contribution in [1.29, 1.82) is 0 Å². The molecule has 14 heavy (non-hydrogen) atoms. The standard InChI is InChI=1S/C9H11F2N3/c1-5-9(13-6-2-3-6)14-7(4-12-5)8(10)11/h4,6,8H,2-3H2,1H3,(H,13,14). The molecule has 1 saturated carbocycles. The molecule has 1 aromatic heterocycles. The molecule has 0 amide bonds. The molecule has 1 aromatic rings. The molecule has 0 saturated heterocycles. The largest absolute Gasteiger partial charge is 0.366 e. The molecule has 2 rings (SSSR count). The maximum absolute atomic E-state index is 12.3. The topological polar surface area (TPSA) is 37.8 Å². The first kappa shape index (κ1) is 9.30. The number of alkyl halides is 2. The van der Waals surface area contributed by atoms with Gasteiger partial charge in [0.1, 0.15) is 11.5 Å². The summed E-state index contributed by atoms with van der Waals surface area (Å²) in [6, 6.07) is 0.399. The van der Waals surface area contributed by atoms with Crippen molar-refractivity contribution in [2.75, 3.05) is 5.32 Å². The summed E-state index contributed by atoms with van der Waals surface area (Å²) in [6.45, 7) is 1.76. The van der Waals surface area contributed by atoms with Crippen molar-refractivity contribution in [2.45, 2.75) is 32.2 Å². The van der Waals surface area contributed by atoms with Gasteiger partial charge < -0.3 is 5.32 Å². The minimum absolute atomic E-state index is 0.265. The van der Waals surface area contributed by atoms with Gasteiger partial charge in [-0.2, -0.15) is 0 Å². The molecule has 0 radical (unpaired) electrons. The van der Waals surface area contributed by atoms with Crippen LogP contribution in [0, 0.1) is 6.92 Å². The molecule has 1 aliphatic carbocycles. The Morgan fingerprint density at radius 3 is 2.79 bits per heavy atom. The third kappa shape index (κ3) is 1.97. The minimum atomic E-state index is -2.55. The Bertz CT molecular complexity index is 337. The van der Waals surface area contributed by atoms with E-state index in [1.54, 1.807) is 6.92 Å². The van der Waals surface area contributed by atoms with E-state index in [0.29, 0.717) is 17.6 Å². The van der Waals surface area contributed by atoms with E-state index in [1.807, 2.05) is 0 Å². The van der Waals surface area contributed by atoms with Gasteiger partial charge in [0, 0.05) is 6.04 Å². The Kier molecular flexibility index (Phi) is 2.31. The summed E-state index contributed by atoms with van der Waals surface area (Å²) in [7, 11) is 0. The van der Waals surface area contributed by atoms with E-state index < -0.39 is 6.43 Å². The van der Waals surface area contributed by atoms with Crippen molar-refractivity contribution >= 4 is 5.82 Å². The van der Waals surface area contributed by atoms with Gasteiger partial charge in [0.15, 0.2) is 0 Å². The van der Waals surface area contributed by atoms with Crippen molar-refractivity contribution in [1.82, 2.24) is 9.97 Å². The molecule has 0 spiro atoms. The second kappa shape index (κ2) is 3.48. The van der Waals surface area contributed by atoms with Crippen LogP contribution in [0.4, 0.5) is 14.6 Å². The van der Waals surface area contributed by atoms with Crippen LogP contribution in [0.2, 0.25) is 0 Å². The number of hydrogen-bond donors (Lipinski definition) is 1. The highest BCUT2D eigenvalue weighted by atomic mass is 19.3. The lowest BCUT2D eigenvalue weighted by atomic mass is 10.4. The van der Waals surface area contributed by atoms with Gasteiger partial charge in [0.05, 0.1) is 11.9 Å². The molecule has 5 heteroatoms. The summed E-state index contributed by atoms with van der Waals surface area (Å²) >= 11 is 0. The van der Waals surface area contributed by atoms with Crippen molar-refractivity contribution in [3.05, 3.63) is 17.6 Å². The van der Waals surface area contributed by atoms with E-state index in [0.717, 1.165) is 19.0 Å². The second-order valence-corrected chi connectivity index (χ2v) is 3.45. The molecule has 1 heterocycles. The molecule has 3 nitrogen and oxygen atoms in total. The van der Waals surface area contributed by atoms with Crippen LogP contribution in [0.3, 0.4) is 0 Å². The molecular formula is C9H11F2N3. The average molecular weight is 199 g/mol. The Labute approximate surface area is 80.6 Å². The number of halogens is 2. The van der Waals surface area contributed by atoms with Crippen LogP contribution in [-0.4, -0.2) is 16.0 Å². The van der Waals surface area contributed by atoms with E-state index in [-0.39, 0.29) is 5.69 Å². The van der Waals surface area contributed by atoms with Crippen LogP contribution >= 0.6 is 0 Å². The Hall–Kier alpha value is -1.26. The predicted molar refractivity (Wildman–Crippen MR) is 48.4 cm³/mol. The summed E-state index contributed by atoms with van der Waals surface area (Å²) in [5.41, 5.74) is 0.403. The van der Waals surface area contributed by atoms with Crippen molar-refractivity contribution < 1.29 is 8.78 Å². The lowest BCUT2D eigenvalue weighted by molar-refractivity contribution is 0.145. The van der Waals surface area contributed by atoms with Crippen LogP contribution in [0.25, 0.3) is 0 Å². The van der Waals surface area contributed by atoms with Gasteiger partial charge in [-0.25, -0.2) is 13.8 Å². The monoisotopic (exact) mass is 199 g/mol. The van der Waals surface area contributed by atoms with Crippen molar-refractivity contribution in [2.24, 2.45) is 0 Å². The Morgan fingerprint density at radius 2 is 2.21 bits per heavy atom. The van der Waals surface area contributed by atoms with Crippen LogP contribution in [0.1, 0.15) is 30.7 Å². The average Bonchev–Trinajstić information content (AvgIpc) is 2.92. The van der Waals surface area contributed by atoms with Gasteiger partial charge >= 0.3 is 0 Å². The summed E-state index contributed by atoms with van der Waals surface area (Å²) in [5.74, 6) is 0.491. The maximum atomic E-state index is 12.3. The van der Waals surface area contributed by atoms with Crippen molar-refractivity contribution in [3.8, 4) is 0 Å². The SMILES string of the molecule is Cc1ncc(C(F)F)nc1NC1CC1. The van der Waals surface area contributed by atoms with Crippen LogP contribution in [0.5, 0.6) is 0 Å². The predicted octanol–water partition coefficient (Wildman–Crippen LogP) is 2.30. The van der Waals surface area contributed by atoms with E-state index in [4.69, 9.17) is 0 Å². The van der Waals surface area contributed by atoms with Gasteiger partial charge in [0.2, 0.25) is 0 Å². The smallest absolute Gasteiger partial charge is 0.281 e. The summed E-state index contributed by atoms with van der Waals surface area (Å²) in [4.78, 5) is 7.70. The molecule has 0 aromatic carbocycles. The molecule has 0 unspecified atom stereocenters. The molecule has 0 atom stereocenters. The highest BCUT2D eigenvalue weighted by Crippen LogP contribution is 2.26. The quantitative estimate of drug-likeness (QED) is 0.811. The Morgan fingerprint density at radius 1 is 1.50 bits per heavy atom. The fraction of sp³-hybridized carbons (Fsp3) is 0.556. The van der Waals surface area contributed by atoms with Gasteiger partial charge in [0.25, 0.3) is 6.43 Å². The first-order valence-electron chi connectivity index (χ1n) is 4.55. The Balaban J connectivity index is 2.21. The zero-order chi connectivity index (χ0) is 10.1. The van der Waals surface area contributed by atoms with E-state index in [9.17, 15) is 8.78 Å². The third-order valence-corrected chi connectivity index (χ3v) is 2.12. The number of aromatic nitrogens is 2. The van der Waals surface area contributed by atoms with E-state index >= 15 is 0 Å². The van der Waals surface area contributed by atoms with Gasteiger partial charge in [-0.05, 0) is 19.8 Å². The number of nitrogens with zero attached hydrogens (tertiary/aromatic N) is 2. The van der Waals surface area contributed by atoms with E-state index in [1.165, 1.54) is 0 Å². The van der Waals surface area contributed by atoms with Gasteiger partial charge in [-0.15, -0.1) is 0 Å². The fourth-order valence-corrected chi connectivity index (χ4v) is 1.13. The lowest BCUT2D eigenvalue weighted by Gasteiger charge is -2.07. The number of rotatable bonds is 3. The first-order valence-corrected chi connectivity index (χ1v) is 4.55. The molecule has 1 N–H and O–H groups in total. The third-order valence-electron chi connectivity index (χ3n) is 2.12. The molecule has 1 fully saturated rings. The highest BCUT2D eigenvalue weighted by molar-refractivity contribution is 5.42. The van der Waals surface area contributed by atoms with Crippen molar-refractivity contribution in [3.63, 3.8) is 0 Å². The van der Waals surface area contributed by atoms with Crippen LogP contribution in [0.15, 0.2) is 6.20 Å². The zero-order valence-corrected chi connectivity index (χ0v) is 7.80. The van der Waals surface area contributed by atoms with Crippen LogP contribution in [-0.2, 0) is 0 Å². The summed E-state index contributed by atoms with van der Waals surface area (Å²) < 4.78 is 24.6. The number of hydrogen-bond acceptors (Lipinski definition) is 3. The summed E-state index contributed by atoms with van der Waals surface area (Å²) in [5, 5.41) is 3.07. The molecular weight excluding hydrogens is 188 g/mol. The highest BCUT2D eigenvalue weighted by Gasteiger charge is 2.23. The lowest BCUT2D eigenvalue weighted by Crippen LogP contribution is -2.08. The molecule has 0 aliphatic heterocycles.